The highest BCUT2D eigenvalue weighted by molar-refractivity contribution is 14.0. The monoisotopic (exact) mass is 499 g/mol. The molecule has 3 rings (SSSR count). The van der Waals surface area contributed by atoms with Crippen molar-refractivity contribution in [2.45, 2.75) is 20.0 Å². The van der Waals surface area contributed by atoms with Gasteiger partial charge in [0.25, 0.3) is 0 Å². The Bertz CT molecular complexity index is 666. The number of anilines is 1. The van der Waals surface area contributed by atoms with Gasteiger partial charge in [-0.1, -0.05) is 12.1 Å². The van der Waals surface area contributed by atoms with E-state index < -0.39 is 0 Å². The summed E-state index contributed by atoms with van der Waals surface area (Å²) < 4.78 is 2.16. The van der Waals surface area contributed by atoms with Crippen LogP contribution >= 0.6 is 35.7 Å². The molecule has 5 nitrogen and oxygen atoms in total. The number of hydrogen-bond donors (Lipinski definition) is 2. The highest BCUT2D eigenvalue weighted by Gasteiger charge is 2.10. The van der Waals surface area contributed by atoms with Crippen LogP contribution in [-0.4, -0.2) is 48.2 Å². The Morgan fingerprint density at radius 1 is 1.07 bits per heavy atom. The summed E-state index contributed by atoms with van der Waals surface area (Å²) in [6.07, 6.45) is 4.16. The first kappa shape index (κ1) is 21.9. The van der Waals surface area contributed by atoms with Crippen LogP contribution in [0.2, 0.25) is 0 Å². The molecular formula is C20H30IN5S. The minimum absolute atomic E-state index is 0. The van der Waals surface area contributed by atoms with Crippen LogP contribution in [0.1, 0.15) is 12.5 Å². The van der Waals surface area contributed by atoms with Gasteiger partial charge < -0.3 is 20.1 Å². The number of nitrogens with one attached hydrogen (secondary N) is 2. The van der Waals surface area contributed by atoms with E-state index in [9.17, 15) is 0 Å². The van der Waals surface area contributed by atoms with Crippen molar-refractivity contribution in [3.05, 3.63) is 54.4 Å². The van der Waals surface area contributed by atoms with Crippen molar-refractivity contribution in [3.63, 3.8) is 0 Å². The second kappa shape index (κ2) is 12.2. The molecule has 0 spiro atoms. The lowest BCUT2D eigenvalue weighted by Gasteiger charge is -2.28. The minimum Gasteiger partial charge on any atom is -0.370 e. The zero-order valence-corrected chi connectivity index (χ0v) is 19.1. The molecule has 0 aliphatic carbocycles. The zero-order chi connectivity index (χ0) is 18.0. The van der Waals surface area contributed by atoms with Crippen molar-refractivity contribution in [2.75, 3.05) is 42.6 Å². The van der Waals surface area contributed by atoms with Gasteiger partial charge in [-0.05, 0) is 36.8 Å². The third-order valence-corrected chi connectivity index (χ3v) is 5.35. The zero-order valence-electron chi connectivity index (χ0n) is 15.9. The molecule has 1 aromatic heterocycles. The summed E-state index contributed by atoms with van der Waals surface area (Å²) in [5.41, 5.74) is 2.57. The maximum atomic E-state index is 4.71. The summed E-state index contributed by atoms with van der Waals surface area (Å²) in [7, 11) is 0. The quantitative estimate of drug-likeness (QED) is 0.348. The van der Waals surface area contributed by atoms with Gasteiger partial charge in [0, 0.05) is 62.3 Å². The molecule has 1 fully saturated rings. The Morgan fingerprint density at radius 3 is 2.44 bits per heavy atom. The Morgan fingerprint density at radius 2 is 1.78 bits per heavy atom. The Kier molecular flexibility index (Phi) is 9.90. The van der Waals surface area contributed by atoms with Crippen molar-refractivity contribution in [2.24, 2.45) is 4.99 Å². The van der Waals surface area contributed by atoms with Crippen LogP contribution in [-0.2, 0) is 13.1 Å². The van der Waals surface area contributed by atoms with Crippen molar-refractivity contribution < 1.29 is 0 Å². The summed E-state index contributed by atoms with van der Waals surface area (Å²) in [4.78, 5) is 7.18. The standard InChI is InChI=1S/C20H29N5S.HI/c1-2-21-20(22-9-12-24-10-3-4-11-24)23-17-18-5-7-19(8-6-18)25-13-15-26-16-14-25;/h3-8,10-11H,2,9,12-17H2,1H3,(H2,21,22,23);1H. The molecule has 0 radical (unpaired) electrons. The molecule has 0 amide bonds. The Labute approximate surface area is 184 Å². The largest absolute Gasteiger partial charge is 0.370 e. The summed E-state index contributed by atoms with van der Waals surface area (Å²) in [5, 5.41) is 6.71. The number of aliphatic imine (C=N–C) groups is 1. The second-order valence-corrected chi connectivity index (χ2v) is 7.53. The van der Waals surface area contributed by atoms with Gasteiger partial charge in [0.2, 0.25) is 0 Å². The van der Waals surface area contributed by atoms with Gasteiger partial charge in [-0.2, -0.15) is 11.8 Å². The summed E-state index contributed by atoms with van der Waals surface area (Å²) in [5.74, 6) is 3.33. The lowest BCUT2D eigenvalue weighted by Crippen LogP contribution is -2.38. The average Bonchev–Trinajstić information content (AvgIpc) is 3.21. The predicted molar refractivity (Wildman–Crippen MR) is 129 cm³/mol. The lowest BCUT2D eigenvalue weighted by molar-refractivity contribution is 0.666. The van der Waals surface area contributed by atoms with Crippen LogP contribution in [0.5, 0.6) is 0 Å². The number of halogens is 1. The van der Waals surface area contributed by atoms with E-state index in [1.807, 2.05) is 23.9 Å². The molecule has 1 aliphatic rings. The van der Waals surface area contributed by atoms with Gasteiger partial charge in [-0.3, -0.25) is 0 Å². The van der Waals surface area contributed by atoms with E-state index in [1.165, 1.54) is 22.8 Å². The van der Waals surface area contributed by atoms with Crippen LogP contribution in [0, 0.1) is 0 Å². The van der Waals surface area contributed by atoms with Crippen LogP contribution in [0.25, 0.3) is 0 Å². The molecule has 0 unspecified atom stereocenters. The van der Waals surface area contributed by atoms with Crippen LogP contribution in [0.3, 0.4) is 0 Å². The highest BCUT2D eigenvalue weighted by atomic mass is 127. The van der Waals surface area contributed by atoms with Gasteiger partial charge in [0.05, 0.1) is 6.54 Å². The molecule has 27 heavy (non-hydrogen) atoms. The summed E-state index contributed by atoms with van der Waals surface area (Å²) in [6, 6.07) is 13.0. The molecule has 0 bridgehead atoms. The summed E-state index contributed by atoms with van der Waals surface area (Å²) >= 11 is 2.04. The first-order valence-corrected chi connectivity index (χ1v) is 10.5. The SMILES string of the molecule is CCNC(=NCc1ccc(N2CCSCC2)cc1)NCCn1cccc1.I. The molecule has 0 atom stereocenters. The maximum Gasteiger partial charge on any atom is 0.191 e. The summed E-state index contributed by atoms with van der Waals surface area (Å²) in [6.45, 7) is 7.73. The van der Waals surface area contributed by atoms with Gasteiger partial charge in [0.15, 0.2) is 5.96 Å². The molecule has 2 heterocycles. The van der Waals surface area contributed by atoms with Gasteiger partial charge in [-0.15, -0.1) is 24.0 Å². The third kappa shape index (κ3) is 7.29. The molecule has 2 aromatic rings. The van der Waals surface area contributed by atoms with Crippen molar-refractivity contribution in [1.82, 2.24) is 15.2 Å². The maximum absolute atomic E-state index is 4.71. The number of aromatic nitrogens is 1. The second-order valence-electron chi connectivity index (χ2n) is 6.31. The van der Waals surface area contributed by atoms with E-state index in [2.05, 4.69) is 63.7 Å². The molecule has 0 saturated carbocycles. The van der Waals surface area contributed by atoms with E-state index in [-0.39, 0.29) is 24.0 Å². The Balaban J connectivity index is 0.00000261. The fourth-order valence-corrected chi connectivity index (χ4v) is 3.87. The lowest BCUT2D eigenvalue weighted by atomic mass is 10.2. The number of thioether (sulfide) groups is 1. The van der Waals surface area contributed by atoms with E-state index >= 15 is 0 Å². The smallest absolute Gasteiger partial charge is 0.191 e. The first-order valence-electron chi connectivity index (χ1n) is 9.40. The molecule has 1 aromatic carbocycles. The third-order valence-electron chi connectivity index (χ3n) is 4.41. The van der Waals surface area contributed by atoms with Crippen molar-refractivity contribution in [3.8, 4) is 0 Å². The van der Waals surface area contributed by atoms with Crippen LogP contribution in [0.15, 0.2) is 53.8 Å². The van der Waals surface area contributed by atoms with Crippen molar-refractivity contribution >= 4 is 47.4 Å². The van der Waals surface area contributed by atoms with Crippen LogP contribution in [0.4, 0.5) is 5.69 Å². The van der Waals surface area contributed by atoms with Crippen LogP contribution < -0.4 is 15.5 Å². The van der Waals surface area contributed by atoms with Gasteiger partial charge >= 0.3 is 0 Å². The van der Waals surface area contributed by atoms with E-state index in [4.69, 9.17) is 4.99 Å². The fraction of sp³-hybridized carbons (Fsp3) is 0.450. The number of rotatable bonds is 7. The topological polar surface area (TPSA) is 44.6 Å². The fourth-order valence-electron chi connectivity index (χ4n) is 2.97. The van der Waals surface area contributed by atoms with Crippen molar-refractivity contribution in [1.29, 1.82) is 0 Å². The van der Waals surface area contributed by atoms with E-state index in [0.29, 0.717) is 6.54 Å². The van der Waals surface area contributed by atoms with E-state index in [1.54, 1.807) is 0 Å². The number of hydrogen-bond acceptors (Lipinski definition) is 3. The molecule has 1 saturated heterocycles. The highest BCUT2D eigenvalue weighted by Crippen LogP contribution is 2.20. The number of guanidine groups is 1. The predicted octanol–water partition coefficient (Wildman–Crippen LogP) is 3.41. The van der Waals surface area contributed by atoms with Gasteiger partial charge in [0.1, 0.15) is 0 Å². The molecule has 7 heteroatoms. The van der Waals surface area contributed by atoms with Gasteiger partial charge in [-0.25, -0.2) is 4.99 Å². The molecular weight excluding hydrogens is 469 g/mol. The Hall–Kier alpha value is -1.35. The minimum atomic E-state index is 0. The molecule has 148 valence electrons. The first-order chi connectivity index (χ1) is 12.8. The molecule has 2 N–H and O–H groups in total. The molecule has 1 aliphatic heterocycles. The number of benzene rings is 1. The average molecular weight is 499 g/mol. The van der Waals surface area contributed by atoms with E-state index in [0.717, 1.165) is 38.7 Å². The number of nitrogens with zero attached hydrogens (tertiary/aromatic N) is 3. The normalized spacial score (nSPS) is 14.6.